The number of nitrogens with zero attached hydrogens (tertiary/aromatic N) is 1. The van der Waals surface area contributed by atoms with Gasteiger partial charge in [0, 0.05) is 37.8 Å². The van der Waals surface area contributed by atoms with Gasteiger partial charge in [0.15, 0.2) is 16.3 Å². The van der Waals surface area contributed by atoms with Crippen LogP contribution in [-0.2, 0) is 19.4 Å². The zero-order valence-electron chi connectivity index (χ0n) is 15.9. The van der Waals surface area contributed by atoms with Crippen LogP contribution in [0, 0.1) is 17.5 Å². The third-order valence-corrected chi connectivity index (χ3v) is 5.44. The van der Waals surface area contributed by atoms with E-state index in [0.29, 0.717) is 23.5 Å². The van der Waals surface area contributed by atoms with Crippen LogP contribution < -0.4 is 10.1 Å². The van der Waals surface area contributed by atoms with Crippen LogP contribution in [0.5, 0.6) is 5.75 Å². The Bertz CT molecular complexity index is 1010. The highest BCUT2D eigenvalue weighted by Crippen LogP contribution is 2.33. The van der Waals surface area contributed by atoms with Crippen LogP contribution in [0.4, 0.5) is 4.39 Å². The van der Waals surface area contributed by atoms with Crippen LogP contribution in [0.1, 0.15) is 28.4 Å². The average molecular weight is 398 g/mol. The third kappa shape index (κ3) is 4.03. The Kier molecular flexibility index (Phi) is 5.59. The number of hydrogen-bond acceptors (Lipinski definition) is 3. The monoisotopic (exact) mass is 397 g/mol. The zero-order chi connectivity index (χ0) is 19.5. The lowest BCUT2D eigenvalue weighted by molar-refractivity contribution is 0.211. The summed E-state index contributed by atoms with van der Waals surface area (Å²) in [6, 6.07) is 13.9. The Morgan fingerprint density at radius 2 is 2.11 bits per heavy atom. The number of nitrogens with one attached hydrogen (secondary N) is 2. The fourth-order valence-electron chi connectivity index (χ4n) is 3.82. The standard InChI is InChI=1S/C22H24FN3OS/c1-15-9-17-11-19(14-27-21(17)20(23)10-15)26-18(13-25-22(26)28)7-8-24-12-16-5-3-2-4-6-16/h2-6,9-10,13,19,24H,7-8,11-12,14H2,1H3,(H,25,28). The molecular weight excluding hydrogens is 373 g/mol. The van der Waals surface area contributed by atoms with E-state index in [0.717, 1.165) is 36.3 Å². The number of H-pyrrole nitrogens is 1. The van der Waals surface area contributed by atoms with Gasteiger partial charge in [0.05, 0.1) is 6.04 Å². The Balaban J connectivity index is 1.44. The van der Waals surface area contributed by atoms with Crippen molar-refractivity contribution in [2.24, 2.45) is 0 Å². The Labute approximate surface area is 169 Å². The molecule has 0 aliphatic carbocycles. The minimum absolute atomic E-state index is 0.0663. The van der Waals surface area contributed by atoms with Gasteiger partial charge in [-0.2, -0.15) is 0 Å². The van der Waals surface area contributed by atoms with Gasteiger partial charge in [0.1, 0.15) is 6.61 Å². The molecule has 0 spiro atoms. The second-order valence-corrected chi connectivity index (χ2v) is 7.66. The molecule has 0 saturated carbocycles. The van der Waals surface area contributed by atoms with Crippen LogP contribution in [0.3, 0.4) is 0 Å². The SMILES string of the molecule is Cc1cc(F)c2c(c1)CC(n1c(CCNCc3ccccc3)c[nH]c1=S)CO2. The van der Waals surface area contributed by atoms with Gasteiger partial charge in [-0.3, -0.25) is 0 Å². The van der Waals surface area contributed by atoms with Gasteiger partial charge in [0.25, 0.3) is 0 Å². The van der Waals surface area contributed by atoms with E-state index in [9.17, 15) is 4.39 Å². The molecular formula is C22H24FN3OS. The summed E-state index contributed by atoms with van der Waals surface area (Å²) in [4.78, 5) is 3.16. The number of ether oxygens (including phenoxy) is 1. The summed E-state index contributed by atoms with van der Waals surface area (Å²) in [6.45, 7) is 4.01. The molecule has 1 atom stereocenters. The molecule has 1 aromatic heterocycles. The number of imidazole rings is 1. The lowest BCUT2D eigenvalue weighted by atomic mass is 10.00. The Hall–Kier alpha value is -2.44. The summed E-state index contributed by atoms with van der Waals surface area (Å²) < 4.78 is 22.7. The third-order valence-electron chi connectivity index (χ3n) is 5.13. The van der Waals surface area contributed by atoms with Crippen LogP contribution in [0.15, 0.2) is 48.7 Å². The maximum Gasteiger partial charge on any atom is 0.177 e. The van der Waals surface area contributed by atoms with Crippen molar-refractivity contribution in [1.82, 2.24) is 14.9 Å². The first-order valence-corrected chi connectivity index (χ1v) is 9.98. The molecule has 0 bridgehead atoms. The number of benzene rings is 2. The first-order valence-electron chi connectivity index (χ1n) is 9.57. The molecule has 2 aromatic carbocycles. The van der Waals surface area contributed by atoms with Crippen molar-refractivity contribution >= 4 is 12.2 Å². The van der Waals surface area contributed by atoms with Gasteiger partial charge in [-0.25, -0.2) is 4.39 Å². The van der Waals surface area contributed by atoms with Crippen LogP contribution in [-0.4, -0.2) is 22.7 Å². The molecule has 28 heavy (non-hydrogen) atoms. The van der Waals surface area contributed by atoms with Gasteiger partial charge in [-0.05, 0) is 41.9 Å². The van der Waals surface area contributed by atoms with Crippen molar-refractivity contribution in [2.45, 2.75) is 32.4 Å². The summed E-state index contributed by atoms with van der Waals surface area (Å²) in [6.07, 6.45) is 3.54. The van der Waals surface area contributed by atoms with E-state index < -0.39 is 0 Å². The van der Waals surface area contributed by atoms with Crippen LogP contribution in [0.2, 0.25) is 0 Å². The maximum atomic E-state index is 14.1. The minimum Gasteiger partial charge on any atom is -0.488 e. The van der Waals surface area contributed by atoms with Crippen LogP contribution >= 0.6 is 12.2 Å². The fourth-order valence-corrected chi connectivity index (χ4v) is 4.15. The number of aromatic nitrogens is 2. The minimum atomic E-state index is -0.281. The highest BCUT2D eigenvalue weighted by molar-refractivity contribution is 7.71. The Morgan fingerprint density at radius 3 is 2.93 bits per heavy atom. The van der Waals surface area contributed by atoms with E-state index in [2.05, 4.69) is 27.0 Å². The molecule has 0 amide bonds. The van der Waals surface area contributed by atoms with Crippen molar-refractivity contribution in [2.75, 3.05) is 13.2 Å². The Morgan fingerprint density at radius 1 is 1.29 bits per heavy atom. The van der Waals surface area contributed by atoms with Crippen LogP contribution in [0.25, 0.3) is 0 Å². The number of hydrogen-bond donors (Lipinski definition) is 2. The zero-order valence-corrected chi connectivity index (χ0v) is 16.7. The quantitative estimate of drug-likeness (QED) is 0.475. The molecule has 1 unspecified atom stereocenters. The number of fused-ring (bicyclic) bond motifs is 1. The summed E-state index contributed by atoms with van der Waals surface area (Å²) in [5.74, 6) is 0.103. The molecule has 1 aliphatic heterocycles. The predicted molar refractivity (Wildman–Crippen MR) is 111 cm³/mol. The first kappa shape index (κ1) is 18.9. The molecule has 3 aromatic rings. The second-order valence-electron chi connectivity index (χ2n) is 7.27. The van der Waals surface area contributed by atoms with E-state index in [4.69, 9.17) is 17.0 Å². The number of halogens is 1. The number of aryl methyl sites for hydroxylation is 1. The molecule has 6 heteroatoms. The molecule has 0 fully saturated rings. The van der Waals surface area contributed by atoms with Crippen molar-refractivity contribution < 1.29 is 9.13 Å². The van der Waals surface area contributed by atoms with Gasteiger partial charge in [0.2, 0.25) is 0 Å². The number of aromatic amines is 1. The summed E-state index contributed by atoms with van der Waals surface area (Å²) in [5.41, 5.74) is 4.22. The van der Waals surface area contributed by atoms with Gasteiger partial charge < -0.3 is 19.6 Å². The average Bonchev–Trinajstić information content (AvgIpc) is 3.06. The summed E-state index contributed by atoms with van der Waals surface area (Å²) in [7, 11) is 0. The van der Waals surface area contributed by atoms with E-state index in [1.54, 1.807) is 0 Å². The highest BCUT2D eigenvalue weighted by atomic mass is 32.1. The molecule has 4 nitrogen and oxygen atoms in total. The van der Waals surface area contributed by atoms with Gasteiger partial charge in [-0.15, -0.1) is 0 Å². The van der Waals surface area contributed by atoms with E-state index in [1.165, 1.54) is 11.6 Å². The molecule has 1 aliphatic rings. The smallest absolute Gasteiger partial charge is 0.177 e. The van der Waals surface area contributed by atoms with Crippen molar-refractivity contribution in [1.29, 1.82) is 0 Å². The lowest BCUT2D eigenvalue weighted by Crippen LogP contribution is -2.27. The fraction of sp³-hybridized carbons (Fsp3) is 0.318. The predicted octanol–water partition coefficient (Wildman–Crippen LogP) is 4.50. The molecule has 2 heterocycles. The highest BCUT2D eigenvalue weighted by Gasteiger charge is 2.26. The maximum absolute atomic E-state index is 14.1. The van der Waals surface area contributed by atoms with Gasteiger partial charge >= 0.3 is 0 Å². The summed E-state index contributed by atoms with van der Waals surface area (Å²) >= 11 is 5.52. The molecule has 0 saturated heterocycles. The number of rotatable bonds is 6. The second kappa shape index (κ2) is 8.29. The molecule has 146 valence electrons. The topological polar surface area (TPSA) is 42.0 Å². The molecule has 2 N–H and O–H groups in total. The lowest BCUT2D eigenvalue weighted by Gasteiger charge is -2.28. The van der Waals surface area contributed by atoms with Crippen molar-refractivity contribution in [3.8, 4) is 5.75 Å². The van der Waals surface area contributed by atoms with E-state index in [1.807, 2.05) is 37.4 Å². The normalized spacial score (nSPS) is 15.9. The van der Waals surface area contributed by atoms with E-state index in [-0.39, 0.29) is 11.9 Å². The summed E-state index contributed by atoms with van der Waals surface area (Å²) in [5, 5.41) is 3.48. The largest absolute Gasteiger partial charge is 0.488 e. The van der Waals surface area contributed by atoms with Crippen molar-refractivity contribution in [3.05, 3.63) is 81.6 Å². The van der Waals surface area contributed by atoms with E-state index >= 15 is 0 Å². The molecule has 0 radical (unpaired) electrons. The molecule has 4 rings (SSSR count). The first-order chi connectivity index (χ1) is 13.6. The van der Waals surface area contributed by atoms with Crippen molar-refractivity contribution in [3.63, 3.8) is 0 Å². The van der Waals surface area contributed by atoms with Gasteiger partial charge in [-0.1, -0.05) is 36.4 Å².